The van der Waals surface area contributed by atoms with Crippen molar-refractivity contribution in [1.82, 2.24) is 14.8 Å². The highest BCUT2D eigenvalue weighted by molar-refractivity contribution is 5.85. The van der Waals surface area contributed by atoms with Gasteiger partial charge in [0.15, 0.2) is 0 Å². The van der Waals surface area contributed by atoms with Crippen LogP contribution in [-0.2, 0) is 28.7 Å². The van der Waals surface area contributed by atoms with Gasteiger partial charge >= 0.3 is 6.18 Å². The Labute approximate surface area is 223 Å². The third-order valence-electron chi connectivity index (χ3n) is 6.48. The summed E-state index contributed by atoms with van der Waals surface area (Å²) in [6, 6.07) is 12.8. The summed E-state index contributed by atoms with van der Waals surface area (Å²) in [4.78, 5) is 33.1. The van der Waals surface area contributed by atoms with E-state index in [0.717, 1.165) is 41.4 Å². The second-order valence-corrected chi connectivity index (χ2v) is 11.0. The molecule has 1 N–H and O–H groups in total. The molecular weight excluding hydrogens is 491 g/mol. The number of unbranched alkanes of at least 4 members (excludes halogenated alkanes) is 1. The molecule has 0 aliphatic carbocycles. The number of carbonyl (C=O) groups is 2. The molecule has 0 aliphatic rings. The van der Waals surface area contributed by atoms with Crippen molar-refractivity contribution in [3.05, 3.63) is 71.4 Å². The highest BCUT2D eigenvalue weighted by Crippen LogP contribution is 2.29. The Bertz CT molecular complexity index is 1210. The van der Waals surface area contributed by atoms with Gasteiger partial charge in [0.25, 0.3) is 0 Å². The van der Waals surface area contributed by atoms with Crippen LogP contribution in [0.15, 0.2) is 54.7 Å². The lowest BCUT2D eigenvalue weighted by Crippen LogP contribution is -2.44. The first-order valence-corrected chi connectivity index (χ1v) is 13.1. The lowest BCUT2D eigenvalue weighted by atomic mass is 9.91. The normalized spacial score (nSPS) is 12.1. The van der Waals surface area contributed by atoms with Gasteiger partial charge in [-0.3, -0.25) is 9.59 Å². The van der Waals surface area contributed by atoms with E-state index in [0.29, 0.717) is 31.5 Å². The zero-order valence-electron chi connectivity index (χ0n) is 22.7. The van der Waals surface area contributed by atoms with Gasteiger partial charge in [-0.25, -0.2) is 0 Å². The Morgan fingerprint density at radius 3 is 2.21 bits per heavy atom. The number of rotatable bonds is 11. The fourth-order valence-electron chi connectivity index (χ4n) is 4.37. The smallest absolute Gasteiger partial charge is 0.361 e. The number of amides is 2. The van der Waals surface area contributed by atoms with Gasteiger partial charge in [0.2, 0.25) is 11.8 Å². The third-order valence-corrected chi connectivity index (χ3v) is 6.48. The summed E-state index contributed by atoms with van der Waals surface area (Å²) in [6.45, 7) is 8.98. The maximum atomic E-state index is 13.6. The van der Waals surface area contributed by atoms with Crippen LogP contribution in [0.5, 0.6) is 0 Å². The Morgan fingerprint density at radius 2 is 1.58 bits per heavy atom. The zero-order chi connectivity index (χ0) is 27.9. The number of carbonyl (C=O) groups excluding carboxylic acids is 2. The first-order chi connectivity index (χ1) is 17.9. The van der Waals surface area contributed by atoms with Crippen LogP contribution in [0.2, 0.25) is 0 Å². The fourth-order valence-corrected chi connectivity index (χ4v) is 4.37. The van der Waals surface area contributed by atoms with Crippen LogP contribution >= 0.6 is 0 Å². The number of aromatic amines is 1. The topological polar surface area (TPSA) is 56.4 Å². The molecule has 0 aliphatic heterocycles. The largest absolute Gasteiger partial charge is 0.416 e. The van der Waals surface area contributed by atoms with Crippen molar-refractivity contribution in [3.63, 3.8) is 0 Å². The van der Waals surface area contributed by atoms with Gasteiger partial charge in [0.1, 0.15) is 0 Å². The van der Waals surface area contributed by atoms with Gasteiger partial charge < -0.3 is 14.8 Å². The Balaban J connectivity index is 1.81. The van der Waals surface area contributed by atoms with Crippen LogP contribution in [-0.4, -0.2) is 46.2 Å². The van der Waals surface area contributed by atoms with Crippen molar-refractivity contribution in [2.24, 2.45) is 5.41 Å². The highest BCUT2D eigenvalue weighted by Gasteiger charge is 2.30. The van der Waals surface area contributed by atoms with Crippen molar-refractivity contribution >= 4 is 22.7 Å². The molecule has 0 saturated heterocycles. The standard InChI is InChI=1S/C30H38F3N3O2/c1-5-6-16-35(27(37)18-29(2,3)4)21-28(38)36(20-22-11-13-24(14-12-22)30(31,32)33)17-15-23-19-34-26-10-8-7-9-25(23)26/h7-14,19,34H,5-6,15-18,20-21H2,1-4H3. The molecule has 1 heterocycles. The minimum absolute atomic E-state index is 0.0522. The molecule has 2 amide bonds. The number of aromatic nitrogens is 1. The number of nitrogens with one attached hydrogen (secondary N) is 1. The number of H-pyrrole nitrogens is 1. The highest BCUT2D eigenvalue weighted by atomic mass is 19.4. The molecule has 0 unspecified atom stereocenters. The van der Waals surface area contributed by atoms with Crippen molar-refractivity contribution < 1.29 is 22.8 Å². The van der Waals surface area contributed by atoms with Crippen molar-refractivity contribution in [2.45, 2.75) is 66.1 Å². The molecule has 38 heavy (non-hydrogen) atoms. The van der Waals surface area contributed by atoms with Crippen LogP contribution in [0.3, 0.4) is 0 Å². The molecule has 0 radical (unpaired) electrons. The summed E-state index contributed by atoms with van der Waals surface area (Å²) in [6.07, 6.45) is 0.0860. The van der Waals surface area contributed by atoms with Crippen LogP contribution in [0.4, 0.5) is 13.2 Å². The van der Waals surface area contributed by atoms with Gasteiger partial charge in [-0.1, -0.05) is 64.4 Å². The van der Waals surface area contributed by atoms with E-state index in [2.05, 4.69) is 4.98 Å². The maximum Gasteiger partial charge on any atom is 0.416 e. The number of para-hydroxylation sites is 1. The van der Waals surface area contributed by atoms with E-state index in [-0.39, 0.29) is 30.3 Å². The van der Waals surface area contributed by atoms with Crippen molar-refractivity contribution in [2.75, 3.05) is 19.6 Å². The number of alkyl halides is 3. The molecule has 8 heteroatoms. The second kappa shape index (κ2) is 12.5. The zero-order valence-corrected chi connectivity index (χ0v) is 22.7. The van der Waals surface area contributed by atoms with Gasteiger partial charge in [-0.05, 0) is 47.6 Å². The lowest BCUT2D eigenvalue weighted by Gasteiger charge is -2.30. The molecule has 0 spiro atoms. The first-order valence-electron chi connectivity index (χ1n) is 13.1. The van der Waals surface area contributed by atoms with E-state index in [1.165, 1.54) is 12.1 Å². The fraction of sp³-hybridized carbons (Fsp3) is 0.467. The number of hydrogen-bond donors (Lipinski definition) is 1. The Hall–Kier alpha value is -3.29. The Kier molecular flexibility index (Phi) is 9.63. The van der Waals surface area contributed by atoms with Gasteiger partial charge in [0.05, 0.1) is 12.1 Å². The Morgan fingerprint density at radius 1 is 0.895 bits per heavy atom. The van der Waals surface area contributed by atoms with E-state index >= 15 is 0 Å². The van der Waals surface area contributed by atoms with E-state index in [9.17, 15) is 22.8 Å². The van der Waals surface area contributed by atoms with E-state index < -0.39 is 11.7 Å². The summed E-state index contributed by atoms with van der Waals surface area (Å²) in [7, 11) is 0. The van der Waals surface area contributed by atoms with E-state index in [1.54, 1.807) is 9.80 Å². The average Bonchev–Trinajstić information content (AvgIpc) is 3.26. The summed E-state index contributed by atoms with van der Waals surface area (Å²) in [5.74, 6) is -0.284. The number of benzene rings is 2. The predicted octanol–water partition coefficient (Wildman–Crippen LogP) is 6.82. The SMILES string of the molecule is CCCCN(CC(=O)N(CCc1c[nH]c2ccccc12)Cc1ccc(C(F)(F)F)cc1)C(=O)CC(C)(C)C. The van der Waals surface area contributed by atoms with Crippen LogP contribution in [0.1, 0.15) is 63.6 Å². The average molecular weight is 530 g/mol. The van der Waals surface area contributed by atoms with Gasteiger partial charge in [-0.2, -0.15) is 13.2 Å². The summed E-state index contributed by atoms with van der Waals surface area (Å²) in [5, 5.41) is 1.07. The van der Waals surface area contributed by atoms with Crippen LogP contribution in [0, 0.1) is 5.41 Å². The van der Waals surface area contributed by atoms with Gasteiger partial charge in [0, 0.05) is 43.2 Å². The number of hydrogen-bond acceptors (Lipinski definition) is 2. The van der Waals surface area contributed by atoms with Crippen molar-refractivity contribution in [1.29, 1.82) is 0 Å². The molecule has 0 fully saturated rings. The number of nitrogens with zero attached hydrogens (tertiary/aromatic N) is 2. The predicted molar refractivity (Wildman–Crippen MR) is 144 cm³/mol. The molecule has 0 atom stereocenters. The summed E-state index contributed by atoms with van der Waals surface area (Å²) in [5.41, 5.74) is 1.72. The summed E-state index contributed by atoms with van der Waals surface area (Å²) < 4.78 is 39.1. The molecule has 206 valence electrons. The molecule has 1 aromatic heterocycles. The molecule has 0 bridgehead atoms. The van der Waals surface area contributed by atoms with Gasteiger partial charge in [-0.15, -0.1) is 0 Å². The molecular formula is C30H38F3N3O2. The van der Waals surface area contributed by atoms with Crippen molar-refractivity contribution in [3.8, 4) is 0 Å². The van der Waals surface area contributed by atoms with E-state index in [1.807, 2.05) is 58.2 Å². The monoisotopic (exact) mass is 529 g/mol. The second-order valence-electron chi connectivity index (χ2n) is 11.0. The minimum Gasteiger partial charge on any atom is -0.361 e. The minimum atomic E-state index is -4.42. The molecule has 2 aromatic carbocycles. The molecule has 3 rings (SSSR count). The maximum absolute atomic E-state index is 13.6. The summed E-state index contributed by atoms with van der Waals surface area (Å²) >= 11 is 0. The van der Waals surface area contributed by atoms with Crippen LogP contribution in [0.25, 0.3) is 10.9 Å². The quantitative estimate of drug-likeness (QED) is 0.296. The van der Waals surface area contributed by atoms with E-state index in [4.69, 9.17) is 0 Å². The number of fused-ring (bicyclic) bond motifs is 1. The first kappa shape index (κ1) is 29.3. The molecule has 5 nitrogen and oxygen atoms in total. The lowest BCUT2D eigenvalue weighted by molar-refractivity contribution is -0.142. The van der Waals surface area contributed by atoms with Crippen LogP contribution < -0.4 is 0 Å². The third kappa shape index (κ3) is 8.36. The molecule has 3 aromatic rings. The molecule has 0 saturated carbocycles. The number of halogens is 3.